The number of carboxylic acid groups (broad SMARTS) is 1. The summed E-state index contributed by atoms with van der Waals surface area (Å²) in [6.45, 7) is 8.07. The molecule has 0 spiro atoms. The predicted octanol–water partition coefficient (Wildman–Crippen LogP) is 6.45. The molecule has 1 unspecified atom stereocenters. The fraction of sp³-hybridized carbons (Fsp3) is 0.692. The second kappa shape index (κ2) is 12.0. The van der Waals surface area contributed by atoms with Gasteiger partial charge in [0.25, 0.3) is 0 Å². The molecule has 1 heterocycles. The van der Waals surface area contributed by atoms with E-state index in [1.807, 2.05) is 13.8 Å². The molecule has 0 aromatic heterocycles. The number of ether oxygens (including phenoxy) is 2. The number of hydrogen-bond acceptors (Lipinski definition) is 4. The fourth-order valence-electron chi connectivity index (χ4n) is 4.86. The van der Waals surface area contributed by atoms with Gasteiger partial charge in [-0.25, -0.2) is 4.79 Å². The summed E-state index contributed by atoms with van der Waals surface area (Å²) in [6.07, 6.45) is 12.5. The first-order chi connectivity index (χ1) is 14.9. The van der Waals surface area contributed by atoms with Crippen molar-refractivity contribution in [2.24, 2.45) is 0 Å². The van der Waals surface area contributed by atoms with E-state index in [4.69, 9.17) is 19.8 Å². The van der Waals surface area contributed by atoms with Crippen LogP contribution < -0.4 is 9.47 Å². The number of carboxylic acids is 1. The Morgan fingerprint density at radius 3 is 2.42 bits per heavy atom. The molecular weight excluding hydrogens is 390 g/mol. The lowest BCUT2D eigenvalue weighted by Crippen LogP contribution is -2.39. The maximum atomic E-state index is 11.0. The third kappa shape index (κ3) is 6.38. The van der Waals surface area contributed by atoms with Crippen LogP contribution in [0.15, 0.2) is 0 Å². The summed E-state index contributed by atoms with van der Waals surface area (Å²) >= 11 is 0. The van der Waals surface area contributed by atoms with Crippen LogP contribution in [0.5, 0.6) is 11.5 Å². The Morgan fingerprint density at radius 2 is 1.81 bits per heavy atom. The van der Waals surface area contributed by atoms with Crippen molar-refractivity contribution in [1.29, 1.82) is 5.26 Å². The first-order valence-corrected chi connectivity index (χ1v) is 11.9. The molecule has 172 valence electrons. The molecule has 0 saturated heterocycles. The van der Waals surface area contributed by atoms with Crippen LogP contribution in [-0.2, 0) is 17.6 Å². The van der Waals surface area contributed by atoms with E-state index >= 15 is 0 Å². The number of aliphatic carboxylic acids is 1. The van der Waals surface area contributed by atoms with Gasteiger partial charge in [-0.2, -0.15) is 5.26 Å². The third-order valence-electron chi connectivity index (χ3n) is 6.79. The average Bonchev–Trinajstić information content (AvgIpc) is 2.75. The highest BCUT2D eigenvalue weighted by molar-refractivity contribution is 5.69. The maximum absolute atomic E-state index is 11.0. The van der Waals surface area contributed by atoms with Gasteiger partial charge in [-0.15, -0.1) is 0 Å². The first kappa shape index (κ1) is 25.0. The van der Waals surface area contributed by atoms with Crippen LogP contribution in [0.25, 0.3) is 0 Å². The molecule has 1 atom stereocenters. The number of carbonyl (C=O) groups is 1. The van der Waals surface area contributed by atoms with Gasteiger partial charge >= 0.3 is 5.97 Å². The molecule has 1 aliphatic rings. The second-order valence-corrected chi connectivity index (χ2v) is 8.82. The van der Waals surface area contributed by atoms with Crippen molar-refractivity contribution < 1.29 is 19.4 Å². The first-order valence-electron chi connectivity index (χ1n) is 11.9. The van der Waals surface area contributed by atoms with Crippen LogP contribution in [0, 0.1) is 25.2 Å². The number of fused-ring (bicyclic) bond motifs is 1. The summed E-state index contributed by atoms with van der Waals surface area (Å²) in [7, 11) is 0. The van der Waals surface area contributed by atoms with E-state index < -0.39 is 5.97 Å². The molecule has 0 bridgehead atoms. The molecule has 0 saturated carbocycles. The molecule has 31 heavy (non-hydrogen) atoms. The summed E-state index contributed by atoms with van der Waals surface area (Å²) in [5.41, 5.74) is 4.25. The van der Waals surface area contributed by atoms with Crippen molar-refractivity contribution in [2.45, 2.75) is 110 Å². The van der Waals surface area contributed by atoms with E-state index in [2.05, 4.69) is 19.9 Å². The van der Waals surface area contributed by atoms with Gasteiger partial charge in [0.15, 0.2) is 6.61 Å². The van der Waals surface area contributed by atoms with Gasteiger partial charge < -0.3 is 14.6 Å². The fourth-order valence-corrected chi connectivity index (χ4v) is 4.86. The molecule has 1 aromatic carbocycles. The van der Waals surface area contributed by atoms with Crippen LogP contribution in [0.1, 0.15) is 100 Å². The molecule has 1 aromatic rings. The Morgan fingerprint density at radius 1 is 1.13 bits per heavy atom. The molecule has 0 amide bonds. The van der Waals surface area contributed by atoms with E-state index in [1.54, 1.807) is 0 Å². The van der Waals surface area contributed by atoms with Crippen LogP contribution in [0.2, 0.25) is 0 Å². The molecule has 0 radical (unpaired) electrons. The van der Waals surface area contributed by atoms with E-state index in [9.17, 15) is 4.79 Å². The summed E-state index contributed by atoms with van der Waals surface area (Å²) in [6, 6.07) is 2.22. The van der Waals surface area contributed by atoms with Crippen molar-refractivity contribution in [3.05, 3.63) is 22.3 Å². The van der Waals surface area contributed by atoms with Gasteiger partial charge in [0.2, 0.25) is 0 Å². The normalized spacial score (nSPS) is 17.5. The molecular formula is C26H39NO4. The van der Waals surface area contributed by atoms with Crippen LogP contribution in [0.3, 0.4) is 0 Å². The average molecular weight is 430 g/mol. The van der Waals surface area contributed by atoms with Crippen molar-refractivity contribution in [2.75, 3.05) is 6.61 Å². The highest BCUT2D eigenvalue weighted by Gasteiger charge is 2.37. The van der Waals surface area contributed by atoms with E-state index in [-0.39, 0.29) is 12.2 Å². The number of nitriles is 1. The highest BCUT2D eigenvalue weighted by atomic mass is 16.5. The lowest BCUT2D eigenvalue weighted by Gasteiger charge is -2.40. The summed E-state index contributed by atoms with van der Waals surface area (Å²) in [4.78, 5) is 11.0. The lowest BCUT2D eigenvalue weighted by molar-refractivity contribution is -0.139. The quantitative estimate of drug-likeness (QED) is 0.365. The van der Waals surface area contributed by atoms with E-state index in [0.717, 1.165) is 67.4 Å². The van der Waals surface area contributed by atoms with Gasteiger partial charge in [0, 0.05) is 17.5 Å². The highest BCUT2D eigenvalue weighted by Crippen LogP contribution is 2.46. The van der Waals surface area contributed by atoms with E-state index in [0.29, 0.717) is 12.2 Å². The Labute approximate surface area is 187 Å². The van der Waals surface area contributed by atoms with Crippen molar-refractivity contribution in [3.63, 3.8) is 0 Å². The minimum atomic E-state index is -0.958. The van der Waals surface area contributed by atoms with Gasteiger partial charge in [-0.3, -0.25) is 0 Å². The number of unbranched alkanes of at least 4 members (excludes halogenated alkanes) is 6. The Kier molecular flexibility index (Phi) is 9.68. The monoisotopic (exact) mass is 429 g/mol. The van der Waals surface area contributed by atoms with Crippen LogP contribution in [-0.4, -0.2) is 23.3 Å². The number of rotatable bonds is 13. The minimum absolute atomic E-state index is 0.111. The Bertz CT molecular complexity index is 773. The minimum Gasteiger partial charge on any atom is -0.487 e. The molecule has 0 aliphatic carbocycles. The Hall–Kier alpha value is -2.22. The number of nitrogens with zero attached hydrogens (tertiary/aromatic N) is 1. The topological polar surface area (TPSA) is 79.6 Å². The van der Waals surface area contributed by atoms with Gasteiger partial charge in [0.1, 0.15) is 17.1 Å². The summed E-state index contributed by atoms with van der Waals surface area (Å²) in [5.74, 6) is 0.771. The number of benzene rings is 1. The van der Waals surface area contributed by atoms with Gasteiger partial charge in [0.05, 0.1) is 6.07 Å². The van der Waals surface area contributed by atoms with Gasteiger partial charge in [-0.1, -0.05) is 39.5 Å². The zero-order chi connectivity index (χ0) is 22.9. The second-order valence-electron chi connectivity index (χ2n) is 8.82. The molecule has 5 nitrogen and oxygen atoms in total. The Balaban J connectivity index is 2.09. The smallest absolute Gasteiger partial charge is 0.341 e. The summed E-state index contributed by atoms with van der Waals surface area (Å²) in [5, 5.41) is 17.7. The number of hydrogen-bond donors (Lipinski definition) is 1. The zero-order valence-corrected chi connectivity index (χ0v) is 19.8. The predicted molar refractivity (Wildman–Crippen MR) is 123 cm³/mol. The molecule has 1 aliphatic heterocycles. The molecule has 0 fully saturated rings. The molecule has 1 N–H and O–H groups in total. The summed E-state index contributed by atoms with van der Waals surface area (Å²) < 4.78 is 12.5. The van der Waals surface area contributed by atoms with Gasteiger partial charge in [-0.05, 0) is 69.9 Å². The largest absolute Gasteiger partial charge is 0.487 e. The lowest BCUT2D eigenvalue weighted by atomic mass is 9.81. The molecule has 5 heteroatoms. The third-order valence-corrected chi connectivity index (χ3v) is 6.79. The van der Waals surface area contributed by atoms with Crippen molar-refractivity contribution in [3.8, 4) is 17.6 Å². The van der Waals surface area contributed by atoms with Crippen LogP contribution in [0.4, 0.5) is 0 Å². The zero-order valence-electron chi connectivity index (χ0n) is 19.8. The maximum Gasteiger partial charge on any atom is 0.341 e. The van der Waals surface area contributed by atoms with E-state index in [1.165, 1.54) is 31.2 Å². The SMILES string of the molecule is CCc1c(C)c(OCC(=O)O)c(C)c2c1OC(CC)(CCCCCCCCC#N)CC2. The van der Waals surface area contributed by atoms with Crippen LogP contribution >= 0.6 is 0 Å². The van der Waals surface area contributed by atoms with Crippen molar-refractivity contribution in [1.82, 2.24) is 0 Å². The van der Waals surface area contributed by atoms with Crippen molar-refractivity contribution >= 4 is 5.97 Å². The standard InChI is InChI=1S/C26H39NO4/c1-5-21-19(3)24(30-18-23(28)29)20(4)22-14-16-26(6-2,31-25(21)22)15-12-10-8-7-9-11-13-17-27/h5-16,18H2,1-4H3,(H,28,29). The molecule has 2 rings (SSSR count).